The Kier molecular flexibility index (Phi) is 4.36. The van der Waals surface area contributed by atoms with Crippen LogP contribution in [0.15, 0.2) is 16.3 Å². The van der Waals surface area contributed by atoms with Gasteiger partial charge in [0.2, 0.25) is 10.0 Å². The van der Waals surface area contributed by atoms with Crippen molar-refractivity contribution in [3.8, 4) is 0 Å². The Bertz CT molecular complexity index is 512. The number of halogens is 1. The van der Waals surface area contributed by atoms with Crippen LogP contribution in [0.2, 0.25) is 4.34 Å². The van der Waals surface area contributed by atoms with Gasteiger partial charge in [-0.05, 0) is 36.8 Å². The predicted octanol–water partition coefficient (Wildman–Crippen LogP) is 3.50. The molecule has 0 amide bonds. The summed E-state index contributed by atoms with van der Waals surface area (Å²) < 4.78 is 28.2. The molecule has 18 heavy (non-hydrogen) atoms. The number of hydrogen-bond donors (Lipinski definition) is 1. The maximum atomic E-state index is 12.2. The van der Waals surface area contributed by atoms with Gasteiger partial charge in [-0.15, -0.1) is 11.3 Å². The summed E-state index contributed by atoms with van der Waals surface area (Å²) in [6.45, 7) is 4.23. The van der Waals surface area contributed by atoms with E-state index < -0.39 is 10.0 Å². The van der Waals surface area contributed by atoms with E-state index in [4.69, 9.17) is 11.6 Å². The lowest BCUT2D eigenvalue weighted by molar-refractivity contribution is 0.386. The molecule has 1 saturated carbocycles. The van der Waals surface area contributed by atoms with E-state index in [0.29, 0.717) is 20.4 Å². The van der Waals surface area contributed by atoms with Crippen molar-refractivity contribution in [2.24, 2.45) is 11.8 Å². The van der Waals surface area contributed by atoms with Gasteiger partial charge in [0.05, 0.1) is 4.34 Å². The third-order valence-corrected chi connectivity index (χ3v) is 6.93. The molecule has 0 aliphatic heterocycles. The third-order valence-electron chi connectivity index (χ3n) is 3.74. The molecule has 1 aliphatic rings. The Morgan fingerprint density at radius 2 is 2.17 bits per heavy atom. The SMILES string of the molecule is CCC1CCC(C)C1NS(=O)(=O)c1ccc(Cl)s1. The quantitative estimate of drug-likeness (QED) is 0.925. The van der Waals surface area contributed by atoms with Crippen molar-refractivity contribution in [1.82, 2.24) is 4.72 Å². The van der Waals surface area contributed by atoms with Crippen LogP contribution in [0.5, 0.6) is 0 Å². The van der Waals surface area contributed by atoms with Crippen LogP contribution in [0.3, 0.4) is 0 Å². The molecule has 102 valence electrons. The smallest absolute Gasteiger partial charge is 0.207 e. The lowest BCUT2D eigenvalue weighted by Gasteiger charge is -2.22. The highest BCUT2D eigenvalue weighted by molar-refractivity contribution is 7.91. The topological polar surface area (TPSA) is 46.2 Å². The normalized spacial score (nSPS) is 28.7. The maximum Gasteiger partial charge on any atom is 0.250 e. The van der Waals surface area contributed by atoms with Gasteiger partial charge in [0.1, 0.15) is 4.21 Å². The number of sulfonamides is 1. The highest BCUT2D eigenvalue weighted by Crippen LogP contribution is 2.35. The van der Waals surface area contributed by atoms with Gasteiger partial charge in [0, 0.05) is 6.04 Å². The summed E-state index contributed by atoms with van der Waals surface area (Å²) in [6, 6.07) is 3.24. The molecule has 0 bridgehead atoms. The Morgan fingerprint density at radius 3 is 2.72 bits per heavy atom. The van der Waals surface area contributed by atoms with E-state index in [0.717, 1.165) is 30.6 Å². The van der Waals surface area contributed by atoms with Gasteiger partial charge in [0.25, 0.3) is 0 Å². The minimum atomic E-state index is -3.41. The highest BCUT2D eigenvalue weighted by Gasteiger charge is 2.35. The van der Waals surface area contributed by atoms with E-state index in [1.165, 1.54) is 0 Å². The Balaban J connectivity index is 2.17. The van der Waals surface area contributed by atoms with E-state index >= 15 is 0 Å². The Labute approximate surface area is 118 Å². The van der Waals surface area contributed by atoms with E-state index in [1.54, 1.807) is 12.1 Å². The fourth-order valence-electron chi connectivity index (χ4n) is 2.65. The lowest BCUT2D eigenvalue weighted by Crippen LogP contribution is -2.40. The summed E-state index contributed by atoms with van der Waals surface area (Å²) >= 11 is 6.90. The first-order valence-electron chi connectivity index (χ1n) is 6.21. The molecular formula is C12H18ClNO2S2. The maximum absolute atomic E-state index is 12.2. The van der Waals surface area contributed by atoms with Crippen LogP contribution in [0.1, 0.15) is 33.1 Å². The molecule has 1 aromatic heterocycles. The molecule has 0 saturated heterocycles. The monoisotopic (exact) mass is 307 g/mol. The molecule has 2 rings (SSSR count). The van der Waals surface area contributed by atoms with Gasteiger partial charge < -0.3 is 0 Å². The molecule has 6 heteroatoms. The molecule has 1 heterocycles. The number of thiophene rings is 1. The summed E-state index contributed by atoms with van der Waals surface area (Å²) in [5.74, 6) is 0.852. The molecule has 3 nitrogen and oxygen atoms in total. The zero-order chi connectivity index (χ0) is 13.3. The molecule has 0 spiro atoms. The van der Waals surface area contributed by atoms with Crippen molar-refractivity contribution in [2.75, 3.05) is 0 Å². The van der Waals surface area contributed by atoms with Gasteiger partial charge >= 0.3 is 0 Å². The Hall–Kier alpha value is -0.100. The fourth-order valence-corrected chi connectivity index (χ4v) is 5.56. The van der Waals surface area contributed by atoms with Gasteiger partial charge in [0.15, 0.2) is 0 Å². The number of nitrogens with one attached hydrogen (secondary N) is 1. The largest absolute Gasteiger partial charge is 0.250 e. The fraction of sp³-hybridized carbons (Fsp3) is 0.667. The van der Waals surface area contributed by atoms with Gasteiger partial charge in [-0.3, -0.25) is 0 Å². The highest BCUT2D eigenvalue weighted by atomic mass is 35.5. The number of hydrogen-bond acceptors (Lipinski definition) is 3. The molecule has 1 N–H and O–H groups in total. The van der Waals surface area contributed by atoms with Crippen LogP contribution in [0.25, 0.3) is 0 Å². The van der Waals surface area contributed by atoms with Crippen LogP contribution in [0.4, 0.5) is 0 Å². The number of rotatable bonds is 4. The van der Waals surface area contributed by atoms with Crippen LogP contribution >= 0.6 is 22.9 Å². The third kappa shape index (κ3) is 2.90. The van der Waals surface area contributed by atoms with Crippen molar-refractivity contribution in [1.29, 1.82) is 0 Å². The van der Waals surface area contributed by atoms with E-state index in [2.05, 4.69) is 18.6 Å². The first-order valence-corrected chi connectivity index (χ1v) is 8.89. The molecule has 1 fully saturated rings. The van der Waals surface area contributed by atoms with Gasteiger partial charge in [-0.25, -0.2) is 13.1 Å². The lowest BCUT2D eigenvalue weighted by atomic mass is 9.98. The van der Waals surface area contributed by atoms with Crippen molar-refractivity contribution in [3.05, 3.63) is 16.5 Å². The minimum Gasteiger partial charge on any atom is -0.207 e. The van der Waals surface area contributed by atoms with Crippen molar-refractivity contribution in [3.63, 3.8) is 0 Å². The molecular weight excluding hydrogens is 290 g/mol. The second-order valence-corrected chi connectivity index (χ2v) is 8.58. The summed E-state index contributed by atoms with van der Waals surface area (Å²) in [6.07, 6.45) is 3.22. The molecule has 0 radical (unpaired) electrons. The standard InChI is InChI=1S/C12H18ClNO2S2/c1-3-9-5-4-8(2)12(9)14-18(15,16)11-7-6-10(13)17-11/h6-9,12,14H,3-5H2,1-2H3. The van der Waals surface area contributed by atoms with Crippen LogP contribution in [-0.4, -0.2) is 14.5 Å². The summed E-state index contributed by atoms with van der Waals surface area (Å²) in [5, 5.41) is 0. The average Bonchev–Trinajstić information content (AvgIpc) is 2.87. The van der Waals surface area contributed by atoms with E-state index in [-0.39, 0.29) is 6.04 Å². The zero-order valence-electron chi connectivity index (χ0n) is 10.5. The predicted molar refractivity (Wildman–Crippen MR) is 75.6 cm³/mol. The van der Waals surface area contributed by atoms with E-state index in [9.17, 15) is 8.42 Å². The molecule has 3 atom stereocenters. The zero-order valence-corrected chi connectivity index (χ0v) is 12.9. The van der Waals surface area contributed by atoms with E-state index in [1.807, 2.05) is 0 Å². The second-order valence-electron chi connectivity index (χ2n) is 4.93. The first kappa shape index (κ1) is 14.3. The van der Waals surface area contributed by atoms with Crippen LogP contribution in [0, 0.1) is 11.8 Å². The minimum absolute atomic E-state index is 0.0564. The summed E-state index contributed by atoms with van der Waals surface area (Å²) in [5.41, 5.74) is 0. The summed E-state index contributed by atoms with van der Waals surface area (Å²) in [7, 11) is -3.41. The molecule has 0 aromatic carbocycles. The molecule has 1 aromatic rings. The second kappa shape index (κ2) is 5.49. The summed E-state index contributed by atoms with van der Waals surface area (Å²) in [4.78, 5) is 0. The van der Waals surface area contributed by atoms with Crippen molar-refractivity contribution < 1.29 is 8.42 Å². The van der Waals surface area contributed by atoms with Gasteiger partial charge in [-0.2, -0.15) is 0 Å². The first-order chi connectivity index (χ1) is 8.44. The molecule has 3 unspecified atom stereocenters. The Morgan fingerprint density at radius 1 is 1.44 bits per heavy atom. The van der Waals surface area contributed by atoms with Crippen LogP contribution in [-0.2, 0) is 10.0 Å². The van der Waals surface area contributed by atoms with Gasteiger partial charge in [-0.1, -0.05) is 31.9 Å². The average molecular weight is 308 g/mol. The van der Waals surface area contributed by atoms with Crippen molar-refractivity contribution >= 4 is 33.0 Å². The molecule has 1 aliphatic carbocycles. The van der Waals surface area contributed by atoms with Crippen LogP contribution < -0.4 is 4.72 Å². The van der Waals surface area contributed by atoms with Crippen molar-refractivity contribution in [2.45, 2.75) is 43.4 Å².